The second-order valence-corrected chi connectivity index (χ2v) is 8.90. The van der Waals surface area contributed by atoms with E-state index in [0.717, 1.165) is 48.7 Å². The number of nitrogens with one attached hydrogen (secondary N) is 1. The molecule has 32 heavy (non-hydrogen) atoms. The Morgan fingerprint density at radius 1 is 1.00 bits per heavy atom. The average Bonchev–Trinajstić information content (AvgIpc) is 2.79. The minimum Gasteiger partial charge on any atom is -0.354 e. The number of hydrogen-bond acceptors (Lipinski definition) is 4. The predicted octanol–water partition coefficient (Wildman–Crippen LogP) is 4.78. The van der Waals surface area contributed by atoms with Gasteiger partial charge >= 0.3 is 0 Å². The van der Waals surface area contributed by atoms with Crippen LogP contribution in [0.4, 0.5) is 5.82 Å². The number of carbonyl (C=O) groups excluding carboxylic acids is 1. The molecule has 2 aromatic carbocycles. The molecule has 5 nitrogen and oxygen atoms in total. The molecule has 0 saturated carbocycles. The van der Waals surface area contributed by atoms with E-state index in [9.17, 15) is 4.79 Å². The highest BCUT2D eigenvalue weighted by Crippen LogP contribution is 2.27. The van der Waals surface area contributed by atoms with Crippen LogP contribution in [0, 0.1) is 0 Å². The molecule has 166 valence electrons. The third-order valence-corrected chi connectivity index (χ3v) is 6.10. The lowest BCUT2D eigenvalue weighted by Gasteiger charge is -2.33. The molecule has 7 heteroatoms. The molecule has 1 aliphatic rings. The molecule has 1 N–H and O–H groups in total. The van der Waals surface area contributed by atoms with E-state index >= 15 is 0 Å². The Morgan fingerprint density at radius 3 is 2.38 bits per heavy atom. The van der Waals surface area contributed by atoms with E-state index in [-0.39, 0.29) is 5.91 Å². The smallest absolute Gasteiger partial charge is 0.252 e. The maximum atomic E-state index is 13.2. The number of aromatic nitrogens is 1. The molecular formula is C25H26Cl2N4O. The number of nitrogens with zero attached hydrogens (tertiary/aromatic N) is 3. The van der Waals surface area contributed by atoms with Gasteiger partial charge in [0.15, 0.2) is 0 Å². The second-order valence-electron chi connectivity index (χ2n) is 8.03. The highest BCUT2D eigenvalue weighted by atomic mass is 35.5. The number of carbonyl (C=O) groups is 1. The summed E-state index contributed by atoms with van der Waals surface area (Å²) in [5.41, 5.74) is 3.41. The number of piperazine rings is 1. The number of amides is 1. The van der Waals surface area contributed by atoms with E-state index in [4.69, 9.17) is 28.2 Å². The lowest BCUT2D eigenvalue weighted by Crippen LogP contribution is -2.44. The second kappa shape index (κ2) is 10.3. The molecule has 2 heterocycles. The number of benzene rings is 2. The van der Waals surface area contributed by atoms with Crippen LogP contribution < -0.4 is 10.2 Å². The Morgan fingerprint density at radius 2 is 1.69 bits per heavy atom. The minimum absolute atomic E-state index is 0.116. The van der Waals surface area contributed by atoms with E-state index in [1.54, 1.807) is 6.07 Å². The first-order chi connectivity index (χ1) is 15.5. The van der Waals surface area contributed by atoms with E-state index in [2.05, 4.69) is 22.2 Å². The minimum atomic E-state index is -0.116. The zero-order valence-corrected chi connectivity index (χ0v) is 19.5. The molecule has 4 rings (SSSR count). The van der Waals surface area contributed by atoms with Gasteiger partial charge in [-0.15, -0.1) is 0 Å². The normalized spacial score (nSPS) is 14.4. The molecule has 0 bridgehead atoms. The Balaban J connectivity index is 1.55. The zero-order chi connectivity index (χ0) is 22.5. The van der Waals surface area contributed by atoms with Crippen molar-refractivity contribution in [3.63, 3.8) is 0 Å². The SMILES string of the molecule is CN1CCN(c2cc(C(=O)NCCc3cc(Cl)cc(Cl)c3)c(-c3ccccc3)cn2)CC1. The van der Waals surface area contributed by atoms with Crippen LogP contribution in [0.1, 0.15) is 15.9 Å². The van der Waals surface area contributed by atoms with Gasteiger partial charge in [-0.25, -0.2) is 4.98 Å². The summed E-state index contributed by atoms with van der Waals surface area (Å²) in [5.74, 6) is 0.722. The van der Waals surface area contributed by atoms with Crippen molar-refractivity contribution in [2.75, 3.05) is 44.7 Å². The molecule has 0 spiro atoms. The number of pyridine rings is 1. The quantitative estimate of drug-likeness (QED) is 0.565. The Hall–Kier alpha value is -2.60. The first-order valence-corrected chi connectivity index (χ1v) is 11.5. The lowest BCUT2D eigenvalue weighted by molar-refractivity contribution is 0.0954. The van der Waals surface area contributed by atoms with Crippen LogP contribution in [-0.2, 0) is 6.42 Å². The maximum absolute atomic E-state index is 13.2. The summed E-state index contributed by atoms with van der Waals surface area (Å²) in [6.45, 7) is 4.23. The van der Waals surface area contributed by atoms with Gasteiger partial charge in [-0.1, -0.05) is 53.5 Å². The maximum Gasteiger partial charge on any atom is 0.252 e. The summed E-state index contributed by atoms with van der Waals surface area (Å²) < 4.78 is 0. The van der Waals surface area contributed by atoms with Gasteiger partial charge in [0.1, 0.15) is 5.82 Å². The number of hydrogen-bond donors (Lipinski definition) is 1. The Bertz CT molecular complexity index is 1060. The first kappa shape index (κ1) is 22.6. The summed E-state index contributed by atoms with van der Waals surface area (Å²) in [6, 6.07) is 17.2. The fraction of sp³-hybridized carbons (Fsp3) is 0.280. The molecule has 1 aromatic heterocycles. The molecule has 0 atom stereocenters. The van der Waals surface area contributed by atoms with E-state index in [1.807, 2.05) is 54.7 Å². The van der Waals surface area contributed by atoms with Gasteiger partial charge in [0.2, 0.25) is 0 Å². The number of rotatable bonds is 6. The zero-order valence-electron chi connectivity index (χ0n) is 18.0. The summed E-state index contributed by atoms with van der Waals surface area (Å²) in [5, 5.41) is 4.24. The van der Waals surface area contributed by atoms with Crippen LogP contribution in [0.2, 0.25) is 10.0 Å². The predicted molar refractivity (Wildman–Crippen MR) is 132 cm³/mol. The standard InChI is InChI=1S/C25H26Cl2N4O/c1-30-9-11-31(12-10-30)24-16-22(23(17-29-24)19-5-3-2-4-6-19)25(32)28-8-7-18-13-20(26)15-21(27)14-18/h2-6,13-17H,7-12H2,1H3,(H,28,32). The third-order valence-electron chi connectivity index (χ3n) is 5.67. The molecule has 1 fully saturated rings. The molecule has 1 amide bonds. The van der Waals surface area contributed by atoms with Crippen LogP contribution in [-0.4, -0.2) is 55.6 Å². The summed E-state index contributed by atoms with van der Waals surface area (Å²) in [4.78, 5) is 22.5. The van der Waals surface area contributed by atoms with Crippen molar-refractivity contribution < 1.29 is 4.79 Å². The van der Waals surface area contributed by atoms with Gasteiger partial charge in [-0.2, -0.15) is 0 Å². The fourth-order valence-corrected chi connectivity index (χ4v) is 4.43. The van der Waals surface area contributed by atoms with E-state index in [1.165, 1.54) is 0 Å². The Labute approximate surface area is 199 Å². The van der Waals surface area contributed by atoms with Crippen molar-refractivity contribution >= 4 is 34.9 Å². The highest BCUT2D eigenvalue weighted by molar-refractivity contribution is 6.34. The molecule has 0 aliphatic carbocycles. The number of likely N-dealkylation sites (N-methyl/N-ethyl adjacent to an activating group) is 1. The molecule has 1 saturated heterocycles. The van der Waals surface area contributed by atoms with Crippen LogP contribution in [0.25, 0.3) is 11.1 Å². The molecule has 0 radical (unpaired) electrons. The molecular weight excluding hydrogens is 443 g/mol. The van der Waals surface area contributed by atoms with Gasteiger partial charge in [-0.05, 0) is 48.9 Å². The van der Waals surface area contributed by atoms with Crippen molar-refractivity contribution in [3.05, 3.63) is 82.0 Å². The average molecular weight is 469 g/mol. The van der Waals surface area contributed by atoms with Gasteiger partial charge in [0.25, 0.3) is 5.91 Å². The van der Waals surface area contributed by atoms with Gasteiger partial charge in [0, 0.05) is 54.5 Å². The topological polar surface area (TPSA) is 48.5 Å². The Kier molecular flexibility index (Phi) is 7.30. The van der Waals surface area contributed by atoms with Crippen LogP contribution in [0.5, 0.6) is 0 Å². The van der Waals surface area contributed by atoms with Gasteiger partial charge in [-0.3, -0.25) is 4.79 Å². The van der Waals surface area contributed by atoms with Crippen molar-refractivity contribution in [3.8, 4) is 11.1 Å². The summed E-state index contributed by atoms with van der Waals surface area (Å²) >= 11 is 12.2. The van der Waals surface area contributed by atoms with Gasteiger partial charge in [0.05, 0.1) is 5.56 Å². The molecule has 0 unspecified atom stereocenters. The third kappa shape index (κ3) is 5.60. The highest BCUT2D eigenvalue weighted by Gasteiger charge is 2.20. The number of halogens is 2. The van der Waals surface area contributed by atoms with Crippen molar-refractivity contribution in [1.82, 2.24) is 15.2 Å². The largest absolute Gasteiger partial charge is 0.354 e. The molecule has 1 aliphatic heterocycles. The van der Waals surface area contributed by atoms with Crippen molar-refractivity contribution in [2.45, 2.75) is 6.42 Å². The van der Waals surface area contributed by atoms with E-state index in [0.29, 0.717) is 28.6 Å². The first-order valence-electron chi connectivity index (χ1n) is 10.7. The van der Waals surface area contributed by atoms with Crippen LogP contribution >= 0.6 is 23.2 Å². The van der Waals surface area contributed by atoms with Crippen molar-refractivity contribution in [1.29, 1.82) is 0 Å². The lowest BCUT2D eigenvalue weighted by atomic mass is 10.0. The molecule has 3 aromatic rings. The summed E-state index contributed by atoms with van der Waals surface area (Å²) in [7, 11) is 2.12. The van der Waals surface area contributed by atoms with Crippen LogP contribution in [0.15, 0.2) is 60.8 Å². The number of anilines is 1. The summed E-state index contributed by atoms with van der Waals surface area (Å²) in [6.07, 6.45) is 2.46. The fourth-order valence-electron chi connectivity index (χ4n) is 3.86. The van der Waals surface area contributed by atoms with Crippen molar-refractivity contribution in [2.24, 2.45) is 0 Å². The van der Waals surface area contributed by atoms with E-state index < -0.39 is 0 Å². The monoisotopic (exact) mass is 468 g/mol. The van der Waals surface area contributed by atoms with Crippen LogP contribution in [0.3, 0.4) is 0 Å². The van der Waals surface area contributed by atoms with Gasteiger partial charge < -0.3 is 15.1 Å².